The molecule has 0 spiro atoms. The second-order valence-corrected chi connectivity index (χ2v) is 5.32. The number of unbranched alkanes of at least 4 members (excludes halogenated alkanes) is 1. The van der Waals surface area contributed by atoms with E-state index < -0.39 is 17.0 Å². The number of nitro benzene ring substituents is 1. The highest BCUT2D eigenvalue weighted by Gasteiger charge is 2.26. The van der Waals surface area contributed by atoms with E-state index in [1.807, 2.05) is 6.92 Å². The molecular formula is C17H19N3O5. The van der Waals surface area contributed by atoms with E-state index in [2.05, 4.69) is 11.6 Å². The normalized spacial score (nSPS) is 11.8. The van der Waals surface area contributed by atoms with Gasteiger partial charge in [-0.1, -0.05) is 32.1 Å². The molecule has 1 heterocycles. The molecule has 1 aromatic carbocycles. The van der Waals surface area contributed by atoms with E-state index >= 15 is 0 Å². The van der Waals surface area contributed by atoms with Gasteiger partial charge in [-0.2, -0.15) is 0 Å². The quantitative estimate of drug-likeness (QED) is 0.259. The first-order chi connectivity index (χ1) is 12.0. The van der Waals surface area contributed by atoms with Crippen molar-refractivity contribution in [3.63, 3.8) is 0 Å². The molecule has 0 aliphatic carbocycles. The lowest BCUT2D eigenvalue weighted by Gasteiger charge is -2.15. The molecule has 1 N–H and O–H groups in total. The molecule has 2 aromatic rings. The molecule has 0 aliphatic rings. The Bertz CT molecular complexity index is 784. The van der Waals surface area contributed by atoms with Gasteiger partial charge >= 0.3 is 5.97 Å². The number of rotatable bonds is 8. The zero-order chi connectivity index (χ0) is 18.4. The Kier molecular flexibility index (Phi) is 6.02. The predicted octanol–water partition coefficient (Wildman–Crippen LogP) is 2.71. The summed E-state index contributed by atoms with van der Waals surface area (Å²) in [5, 5.41) is 21.6. The van der Waals surface area contributed by atoms with Crippen LogP contribution in [0.3, 0.4) is 0 Å². The third-order valence-electron chi connectivity index (χ3n) is 3.58. The Labute approximate surface area is 144 Å². The maximum Gasteiger partial charge on any atom is 0.336 e. The van der Waals surface area contributed by atoms with Crippen LogP contribution in [0, 0.1) is 10.1 Å². The molecule has 8 nitrogen and oxygen atoms in total. The molecule has 0 saturated carbocycles. The fourth-order valence-electron chi connectivity index (χ4n) is 2.21. The number of benzene rings is 1. The molecular weight excluding hydrogens is 326 g/mol. The predicted molar refractivity (Wildman–Crippen MR) is 90.2 cm³/mol. The van der Waals surface area contributed by atoms with Gasteiger partial charge in [0.05, 0.1) is 17.1 Å². The summed E-state index contributed by atoms with van der Waals surface area (Å²) in [4.78, 5) is 26.6. The summed E-state index contributed by atoms with van der Waals surface area (Å²) in [5.41, 5.74) is -0.0987. The highest BCUT2D eigenvalue weighted by Crippen LogP contribution is 2.27. The Morgan fingerprint density at radius 2 is 2.20 bits per heavy atom. The molecule has 1 unspecified atom stereocenters. The van der Waals surface area contributed by atoms with E-state index in [0.29, 0.717) is 6.42 Å². The third-order valence-corrected chi connectivity index (χ3v) is 3.58. The largest absolute Gasteiger partial charge is 0.462 e. The summed E-state index contributed by atoms with van der Waals surface area (Å²) in [5.74, 6) is -0.676. The van der Waals surface area contributed by atoms with Gasteiger partial charge in [-0.25, -0.2) is 9.78 Å². The van der Waals surface area contributed by atoms with Gasteiger partial charge in [-0.05, 0) is 12.5 Å². The number of nitrogens with zero attached hydrogens (tertiary/aromatic N) is 3. The van der Waals surface area contributed by atoms with Gasteiger partial charge in [-0.3, -0.25) is 14.7 Å². The lowest BCUT2D eigenvalue weighted by atomic mass is 10.1. The second-order valence-electron chi connectivity index (χ2n) is 5.32. The molecule has 25 heavy (non-hydrogen) atoms. The molecule has 0 aliphatic heterocycles. The number of aromatic nitrogens is 2. The average molecular weight is 345 g/mol. The van der Waals surface area contributed by atoms with E-state index in [1.54, 1.807) is 12.1 Å². The van der Waals surface area contributed by atoms with E-state index in [1.165, 1.54) is 29.1 Å². The Morgan fingerprint density at radius 1 is 1.48 bits per heavy atom. The molecule has 0 fully saturated rings. The summed E-state index contributed by atoms with van der Waals surface area (Å²) in [6.07, 6.45) is 2.98. The number of ether oxygens (including phenoxy) is 1. The maximum absolute atomic E-state index is 12.0. The van der Waals surface area contributed by atoms with Crippen LogP contribution in [0.5, 0.6) is 0 Å². The summed E-state index contributed by atoms with van der Waals surface area (Å²) in [6.45, 7) is 5.77. The van der Waals surface area contributed by atoms with Crippen molar-refractivity contribution in [2.45, 2.75) is 25.9 Å². The summed E-state index contributed by atoms with van der Waals surface area (Å²) >= 11 is 0. The van der Waals surface area contributed by atoms with Crippen molar-refractivity contribution in [1.82, 2.24) is 9.55 Å². The maximum atomic E-state index is 12.0. The monoisotopic (exact) mass is 345 g/mol. The van der Waals surface area contributed by atoms with Crippen LogP contribution in [0.15, 0.2) is 48.8 Å². The molecule has 8 heteroatoms. The number of para-hydroxylation sites is 2. The van der Waals surface area contributed by atoms with Crippen LogP contribution in [-0.2, 0) is 9.53 Å². The van der Waals surface area contributed by atoms with Crippen molar-refractivity contribution >= 4 is 11.7 Å². The Hall–Kier alpha value is -3.00. The first-order valence-corrected chi connectivity index (χ1v) is 7.78. The van der Waals surface area contributed by atoms with Crippen molar-refractivity contribution in [2.24, 2.45) is 0 Å². The SMILES string of the molecule is C=C(C(=O)OCCCC)C(O)c1nccn1-c1ccccc1[N+](=O)[O-]. The van der Waals surface area contributed by atoms with Crippen LogP contribution in [0.25, 0.3) is 5.69 Å². The van der Waals surface area contributed by atoms with Gasteiger partial charge in [0.2, 0.25) is 0 Å². The molecule has 0 amide bonds. The van der Waals surface area contributed by atoms with E-state index in [4.69, 9.17) is 4.74 Å². The number of imidazole rings is 1. The first kappa shape index (κ1) is 18.3. The average Bonchev–Trinajstić information content (AvgIpc) is 3.10. The summed E-state index contributed by atoms with van der Waals surface area (Å²) < 4.78 is 6.38. The van der Waals surface area contributed by atoms with Crippen LogP contribution in [0.2, 0.25) is 0 Å². The van der Waals surface area contributed by atoms with Gasteiger partial charge in [0.1, 0.15) is 17.6 Å². The third kappa shape index (κ3) is 4.10. The minimum absolute atomic E-state index is 0.0479. The van der Waals surface area contributed by atoms with Gasteiger partial charge in [0, 0.05) is 18.5 Å². The number of carbonyl (C=O) groups excluding carboxylic acids is 1. The zero-order valence-electron chi connectivity index (χ0n) is 13.8. The highest BCUT2D eigenvalue weighted by molar-refractivity contribution is 5.88. The zero-order valence-corrected chi connectivity index (χ0v) is 13.8. The van der Waals surface area contributed by atoms with E-state index in [9.17, 15) is 20.0 Å². The molecule has 2 rings (SSSR count). The van der Waals surface area contributed by atoms with Gasteiger partial charge < -0.3 is 9.84 Å². The lowest BCUT2D eigenvalue weighted by Crippen LogP contribution is -2.17. The number of nitro groups is 1. The van der Waals surface area contributed by atoms with Crippen molar-refractivity contribution < 1.29 is 19.6 Å². The lowest BCUT2D eigenvalue weighted by molar-refractivity contribution is -0.384. The van der Waals surface area contributed by atoms with Crippen LogP contribution in [-0.4, -0.2) is 32.2 Å². The van der Waals surface area contributed by atoms with Crippen molar-refractivity contribution in [3.05, 3.63) is 64.7 Å². The Morgan fingerprint density at radius 3 is 2.88 bits per heavy atom. The standard InChI is InChI=1S/C17H19N3O5/c1-3-4-11-25-17(22)12(2)15(21)16-18-9-10-19(16)13-7-5-6-8-14(13)20(23)24/h5-10,15,21H,2-4,11H2,1H3. The van der Waals surface area contributed by atoms with Crippen LogP contribution in [0.4, 0.5) is 5.69 Å². The smallest absolute Gasteiger partial charge is 0.336 e. The van der Waals surface area contributed by atoms with Crippen LogP contribution < -0.4 is 0 Å². The van der Waals surface area contributed by atoms with Gasteiger partial charge in [-0.15, -0.1) is 0 Å². The molecule has 132 valence electrons. The topological polar surface area (TPSA) is 107 Å². The number of aliphatic hydroxyl groups is 1. The molecule has 0 radical (unpaired) electrons. The van der Waals surface area contributed by atoms with Crippen molar-refractivity contribution in [1.29, 1.82) is 0 Å². The van der Waals surface area contributed by atoms with E-state index in [-0.39, 0.29) is 29.4 Å². The number of carbonyl (C=O) groups is 1. The number of hydrogen-bond acceptors (Lipinski definition) is 6. The van der Waals surface area contributed by atoms with Gasteiger partial charge in [0.15, 0.2) is 0 Å². The van der Waals surface area contributed by atoms with Crippen molar-refractivity contribution in [3.8, 4) is 5.69 Å². The second kappa shape index (κ2) is 8.20. The first-order valence-electron chi connectivity index (χ1n) is 7.78. The molecule has 1 aromatic heterocycles. The van der Waals surface area contributed by atoms with E-state index in [0.717, 1.165) is 6.42 Å². The van der Waals surface area contributed by atoms with Gasteiger partial charge in [0.25, 0.3) is 5.69 Å². The summed E-state index contributed by atoms with van der Waals surface area (Å²) in [6, 6.07) is 6.04. The summed E-state index contributed by atoms with van der Waals surface area (Å²) in [7, 11) is 0. The van der Waals surface area contributed by atoms with Crippen LogP contribution in [0.1, 0.15) is 31.7 Å². The fourth-order valence-corrected chi connectivity index (χ4v) is 2.21. The minimum atomic E-state index is -1.44. The highest BCUT2D eigenvalue weighted by atomic mass is 16.6. The molecule has 0 bridgehead atoms. The molecule has 1 atom stereocenters. The molecule has 0 saturated heterocycles. The fraction of sp³-hybridized carbons (Fsp3) is 0.294. The number of aliphatic hydroxyl groups excluding tert-OH is 1. The van der Waals surface area contributed by atoms with Crippen LogP contribution >= 0.6 is 0 Å². The minimum Gasteiger partial charge on any atom is -0.462 e. The number of esters is 1. The Balaban J connectivity index is 2.28. The van der Waals surface area contributed by atoms with Crippen molar-refractivity contribution in [2.75, 3.05) is 6.61 Å². The number of hydrogen-bond donors (Lipinski definition) is 1.